The number of hydrogen-bond donors (Lipinski definition) is 1. The summed E-state index contributed by atoms with van der Waals surface area (Å²) in [6.45, 7) is 5.84. The highest BCUT2D eigenvalue weighted by Crippen LogP contribution is 2.16. The molecule has 0 saturated carbocycles. The number of esters is 1. The zero-order chi connectivity index (χ0) is 15.2. The zero-order valence-electron chi connectivity index (χ0n) is 12.0. The lowest BCUT2D eigenvalue weighted by molar-refractivity contribution is -0.143. The minimum atomic E-state index is -0.427. The number of para-hydroxylation sites is 1. The van der Waals surface area contributed by atoms with Crippen LogP contribution in [-0.4, -0.2) is 41.5 Å². The van der Waals surface area contributed by atoms with Crippen LogP contribution in [0.4, 0.5) is 0 Å². The molecule has 0 aliphatic rings. The van der Waals surface area contributed by atoms with Crippen molar-refractivity contribution < 1.29 is 14.3 Å². The van der Waals surface area contributed by atoms with E-state index in [1.54, 1.807) is 19.1 Å². The second kappa shape index (κ2) is 6.74. The maximum Gasteiger partial charge on any atom is 0.325 e. The number of nitrogens with zero attached hydrogens (tertiary/aromatic N) is 1. The Morgan fingerprint density at radius 3 is 2.81 bits per heavy atom. The lowest BCUT2D eigenvalue weighted by Gasteiger charge is -2.19. The van der Waals surface area contributed by atoms with Gasteiger partial charge in [-0.05, 0) is 19.1 Å². The standard InChI is InChI=1S/C16H18N2O3/c1-3-9-18(11-15(19)21-4-2)16(20)14-10-12-7-5-6-8-13(12)17-14/h3,5-8,10,17H,1,4,9,11H2,2H3. The van der Waals surface area contributed by atoms with Gasteiger partial charge in [-0.3, -0.25) is 9.59 Å². The van der Waals surface area contributed by atoms with Crippen molar-refractivity contribution in [3.63, 3.8) is 0 Å². The van der Waals surface area contributed by atoms with Gasteiger partial charge in [-0.1, -0.05) is 24.3 Å². The predicted molar refractivity (Wildman–Crippen MR) is 81.0 cm³/mol. The van der Waals surface area contributed by atoms with Crippen molar-refractivity contribution in [3.05, 3.63) is 48.7 Å². The molecule has 5 nitrogen and oxygen atoms in total. The first kappa shape index (κ1) is 14.8. The first-order valence-electron chi connectivity index (χ1n) is 6.79. The van der Waals surface area contributed by atoms with E-state index < -0.39 is 5.97 Å². The Bertz CT molecular complexity index is 627. The Morgan fingerprint density at radius 1 is 1.38 bits per heavy atom. The fourth-order valence-electron chi connectivity index (χ4n) is 2.10. The van der Waals surface area contributed by atoms with Crippen LogP contribution in [0.3, 0.4) is 0 Å². The normalized spacial score (nSPS) is 10.3. The highest BCUT2D eigenvalue weighted by atomic mass is 16.5. The first-order valence-corrected chi connectivity index (χ1v) is 6.79. The monoisotopic (exact) mass is 286 g/mol. The van der Waals surface area contributed by atoms with Crippen LogP contribution in [0, 0.1) is 0 Å². The van der Waals surface area contributed by atoms with Gasteiger partial charge in [-0.25, -0.2) is 0 Å². The lowest BCUT2D eigenvalue weighted by atomic mass is 10.2. The van der Waals surface area contributed by atoms with Gasteiger partial charge in [0.1, 0.15) is 12.2 Å². The second-order valence-corrected chi connectivity index (χ2v) is 4.55. The molecule has 5 heteroatoms. The van der Waals surface area contributed by atoms with Crippen LogP contribution in [0.2, 0.25) is 0 Å². The van der Waals surface area contributed by atoms with Gasteiger partial charge >= 0.3 is 5.97 Å². The van der Waals surface area contributed by atoms with Gasteiger partial charge in [0.05, 0.1) is 6.61 Å². The SMILES string of the molecule is C=CCN(CC(=O)OCC)C(=O)c1cc2ccccc2[nH]1. The van der Waals surface area contributed by atoms with E-state index in [4.69, 9.17) is 4.74 Å². The molecule has 0 saturated heterocycles. The van der Waals surface area contributed by atoms with Gasteiger partial charge in [0.15, 0.2) is 0 Å². The van der Waals surface area contributed by atoms with Crippen molar-refractivity contribution in [1.82, 2.24) is 9.88 Å². The van der Waals surface area contributed by atoms with Crippen molar-refractivity contribution in [2.45, 2.75) is 6.92 Å². The Balaban J connectivity index is 2.20. The third-order valence-corrected chi connectivity index (χ3v) is 3.02. The van der Waals surface area contributed by atoms with Crippen LogP contribution >= 0.6 is 0 Å². The maximum atomic E-state index is 12.5. The summed E-state index contributed by atoms with van der Waals surface area (Å²) in [4.78, 5) is 28.5. The van der Waals surface area contributed by atoms with Crippen molar-refractivity contribution >= 4 is 22.8 Å². The smallest absolute Gasteiger partial charge is 0.325 e. The first-order chi connectivity index (χ1) is 10.2. The molecule has 1 aromatic carbocycles. The molecular weight excluding hydrogens is 268 g/mol. The highest BCUT2D eigenvalue weighted by molar-refractivity contribution is 5.99. The average molecular weight is 286 g/mol. The van der Waals surface area contributed by atoms with Crippen molar-refractivity contribution in [3.8, 4) is 0 Å². The molecule has 1 aromatic heterocycles. The topological polar surface area (TPSA) is 62.4 Å². The van der Waals surface area contributed by atoms with E-state index in [9.17, 15) is 9.59 Å². The number of aromatic amines is 1. The Labute approximate surface area is 123 Å². The van der Waals surface area contributed by atoms with Crippen molar-refractivity contribution in [1.29, 1.82) is 0 Å². The van der Waals surface area contributed by atoms with Gasteiger partial charge in [0.2, 0.25) is 0 Å². The number of ether oxygens (including phenoxy) is 1. The van der Waals surface area contributed by atoms with E-state index in [0.29, 0.717) is 12.3 Å². The van der Waals surface area contributed by atoms with E-state index >= 15 is 0 Å². The number of aromatic nitrogens is 1. The summed E-state index contributed by atoms with van der Waals surface area (Å²) in [5.41, 5.74) is 1.33. The van der Waals surface area contributed by atoms with Gasteiger partial charge in [-0.2, -0.15) is 0 Å². The fourth-order valence-corrected chi connectivity index (χ4v) is 2.10. The second-order valence-electron chi connectivity index (χ2n) is 4.55. The largest absolute Gasteiger partial charge is 0.465 e. The molecule has 0 atom stereocenters. The molecule has 0 unspecified atom stereocenters. The summed E-state index contributed by atoms with van der Waals surface area (Å²) in [6, 6.07) is 9.40. The molecule has 0 aliphatic carbocycles. The molecule has 1 heterocycles. The summed E-state index contributed by atoms with van der Waals surface area (Å²) in [5.74, 6) is -0.678. The molecule has 0 bridgehead atoms. The molecule has 21 heavy (non-hydrogen) atoms. The minimum absolute atomic E-state index is 0.0892. The number of carbonyl (C=O) groups excluding carboxylic acids is 2. The van der Waals surface area contributed by atoms with Crippen LogP contribution in [0.5, 0.6) is 0 Å². The molecule has 0 aliphatic heterocycles. The number of rotatable bonds is 6. The number of benzene rings is 1. The summed E-state index contributed by atoms with van der Waals surface area (Å²) < 4.78 is 4.89. The van der Waals surface area contributed by atoms with E-state index in [1.165, 1.54) is 4.90 Å². The highest BCUT2D eigenvalue weighted by Gasteiger charge is 2.20. The Hall–Kier alpha value is -2.56. The van der Waals surface area contributed by atoms with E-state index in [0.717, 1.165) is 10.9 Å². The Morgan fingerprint density at radius 2 is 2.14 bits per heavy atom. The summed E-state index contributed by atoms with van der Waals surface area (Å²) in [7, 11) is 0. The Kier molecular flexibility index (Phi) is 4.77. The van der Waals surface area contributed by atoms with Crippen molar-refractivity contribution in [2.75, 3.05) is 19.7 Å². The number of carbonyl (C=O) groups is 2. The quantitative estimate of drug-likeness (QED) is 0.655. The zero-order valence-corrected chi connectivity index (χ0v) is 12.0. The van der Waals surface area contributed by atoms with E-state index in [-0.39, 0.29) is 19.0 Å². The molecule has 0 spiro atoms. The summed E-state index contributed by atoms with van der Waals surface area (Å²) >= 11 is 0. The molecule has 0 radical (unpaired) electrons. The number of fused-ring (bicyclic) bond motifs is 1. The summed E-state index contributed by atoms with van der Waals surface area (Å²) in [5, 5.41) is 0.954. The number of H-pyrrole nitrogens is 1. The van der Waals surface area contributed by atoms with Gasteiger partial charge in [-0.15, -0.1) is 6.58 Å². The number of hydrogen-bond acceptors (Lipinski definition) is 3. The molecule has 0 fully saturated rings. The molecule has 1 N–H and O–H groups in total. The predicted octanol–water partition coefficient (Wildman–Crippen LogP) is 2.36. The third kappa shape index (κ3) is 3.51. The number of amides is 1. The average Bonchev–Trinajstić information content (AvgIpc) is 2.90. The van der Waals surface area contributed by atoms with Crippen LogP contribution in [-0.2, 0) is 9.53 Å². The third-order valence-electron chi connectivity index (χ3n) is 3.02. The summed E-state index contributed by atoms with van der Waals surface area (Å²) in [6.07, 6.45) is 1.58. The molecule has 2 rings (SSSR count). The van der Waals surface area contributed by atoms with Crippen LogP contribution in [0.25, 0.3) is 10.9 Å². The molecule has 1 amide bonds. The van der Waals surface area contributed by atoms with Crippen molar-refractivity contribution in [2.24, 2.45) is 0 Å². The molecular formula is C16H18N2O3. The minimum Gasteiger partial charge on any atom is -0.465 e. The number of nitrogens with one attached hydrogen (secondary N) is 1. The molecule has 2 aromatic rings. The van der Waals surface area contributed by atoms with E-state index in [2.05, 4.69) is 11.6 Å². The van der Waals surface area contributed by atoms with Gasteiger partial charge in [0.25, 0.3) is 5.91 Å². The van der Waals surface area contributed by atoms with E-state index in [1.807, 2.05) is 24.3 Å². The van der Waals surface area contributed by atoms with Crippen LogP contribution < -0.4 is 0 Å². The van der Waals surface area contributed by atoms with Crippen LogP contribution in [0.15, 0.2) is 43.0 Å². The maximum absolute atomic E-state index is 12.5. The van der Waals surface area contributed by atoms with Crippen LogP contribution in [0.1, 0.15) is 17.4 Å². The van der Waals surface area contributed by atoms with Gasteiger partial charge in [0, 0.05) is 17.4 Å². The molecule has 110 valence electrons. The van der Waals surface area contributed by atoms with Gasteiger partial charge < -0.3 is 14.6 Å². The fraction of sp³-hybridized carbons (Fsp3) is 0.250. The lowest BCUT2D eigenvalue weighted by Crippen LogP contribution is -2.36.